The van der Waals surface area contributed by atoms with E-state index in [0.717, 1.165) is 32.4 Å². The zero-order valence-electron chi connectivity index (χ0n) is 12.3. The van der Waals surface area contributed by atoms with Gasteiger partial charge in [0, 0.05) is 11.6 Å². The lowest BCUT2D eigenvalue weighted by Crippen LogP contribution is -2.57. The molecule has 2 unspecified atom stereocenters. The van der Waals surface area contributed by atoms with Crippen molar-refractivity contribution in [1.29, 1.82) is 0 Å². The Labute approximate surface area is 116 Å². The monoisotopic (exact) mass is 268 g/mol. The van der Waals surface area contributed by atoms with Gasteiger partial charge in [-0.1, -0.05) is 20.8 Å². The predicted molar refractivity (Wildman–Crippen MR) is 82.2 cm³/mol. The zero-order valence-corrected chi connectivity index (χ0v) is 13.1. The minimum atomic E-state index is 0.125. The summed E-state index contributed by atoms with van der Waals surface area (Å²) in [7, 11) is 0. The third-order valence-electron chi connectivity index (χ3n) is 4.32. The fourth-order valence-electron chi connectivity index (χ4n) is 2.73. The normalized spacial score (nSPS) is 16.8. The Balaban J connectivity index is 2.63. The molecule has 0 fully saturated rings. The Hall–Kier alpha value is -0.380. The summed E-state index contributed by atoms with van der Waals surface area (Å²) < 4.78 is 0. The van der Waals surface area contributed by atoms with Crippen LogP contribution in [0.25, 0.3) is 0 Å². The first kappa shape index (κ1) is 15.7. The van der Waals surface area contributed by atoms with Crippen LogP contribution in [0.5, 0.6) is 0 Å². The van der Waals surface area contributed by atoms with Gasteiger partial charge in [-0.15, -0.1) is 0 Å². The fourth-order valence-corrected chi connectivity index (χ4v) is 3.44. The van der Waals surface area contributed by atoms with Crippen LogP contribution in [0, 0.1) is 0 Å². The number of hydrogen-bond donors (Lipinski definition) is 1. The summed E-state index contributed by atoms with van der Waals surface area (Å²) in [5.74, 6) is 0. The van der Waals surface area contributed by atoms with Crippen LogP contribution in [-0.2, 0) is 6.42 Å². The van der Waals surface area contributed by atoms with Crippen molar-refractivity contribution >= 4 is 11.3 Å². The summed E-state index contributed by atoms with van der Waals surface area (Å²) in [5.41, 5.74) is 8.04. The van der Waals surface area contributed by atoms with Crippen LogP contribution in [0.2, 0.25) is 0 Å². The van der Waals surface area contributed by atoms with E-state index in [1.54, 1.807) is 11.3 Å². The molecule has 0 saturated carbocycles. The van der Waals surface area contributed by atoms with Gasteiger partial charge in [-0.25, -0.2) is 0 Å². The van der Waals surface area contributed by atoms with Gasteiger partial charge in [-0.3, -0.25) is 4.90 Å². The van der Waals surface area contributed by atoms with Gasteiger partial charge < -0.3 is 5.73 Å². The zero-order chi connectivity index (χ0) is 13.6. The van der Waals surface area contributed by atoms with Crippen LogP contribution in [0.4, 0.5) is 0 Å². The molecular formula is C15H28N2S. The second-order valence-electron chi connectivity index (χ2n) is 5.16. The lowest BCUT2D eigenvalue weighted by Gasteiger charge is -2.44. The van der Waals surface area contributed by atoms with Gasteiger partial charge in [-0.05, 0) is 61.7 Å². The average molecular weight is 268 g/mol. The van der Waals surface area contributed by atoms with Crippen molar-refractivity contribution in [3.05, 3.63) is 22.4 Å². The van der Waals surface area contributed by atoms with Crippen molar-refractivity contribution < 1.29 is 0 Å². The second-order valence-corrected chi connectivity index (χ2v) is 5.94. The lowest BCUT2D eigenvalue weighted by atomic mass is 9.84. The van der Waals surface area contributed by atoms with Crippen LogP contribution in [0.1, 0.15) is 46.1 Å². The van der Waals surface area contributed by atoms with Gasteiger partial charge >= 0.3 is 0 Å². The van der Waals surface area contributed by atoms with E-state index in [4.69, 9.17) is 5.73 Å². The summed E-state index contributed by atoms with van der Waals surface area (Å²) in [6, 6.07) is 2.44. The summed E-state index contributed by atoms with van der Waals surface area (Å²) in [4.78, 5) is 2.51. The van der Waals surface area contributed by atoms with Gasteiger partial charge in [0.2, 0.25) is 0 Å². The van der Waals surface area contributed by atoms with E-state index in [1.165, 1.54) is 5.56 Å². The summed E-state index contributed by atoms with van der Waals surface area (Å²) in [6.07, 6.45) is 3.28. The largest absolute Gasteiger partial charge is 0.326 e. The molecule has 3 heteroatoms. The highest BCUT2D eigenvalue weighted by Crippen LogP contribution is 2.25. The Bertz CT molecular complexity index is 319. The molecule has 0 bridgehead atoms. The van der Waals surface area contributed by atoms with Crippen molar-refractivity contribution in [2.24, 2.45) is 5.73 Å². The molecule has 2 N–H and O–H groups in total. The quantitative estimate of drug-likeness (QED) is 0.781. The number of thiophene rings is 1. The SMILES string of the molecule is CCN(CC)C(C)(CC)C(N)CCc1ccsc1. The number of aryl methyl sites for hydroxylation is 1. The molecule has 2 nitrogen and oxygen atoms in total. The molecule has 0 radical (unpaired) electrons. The highest BCUT2D eigenvalue weighted by Gasteiger charge is 2.34. The number of hydrogen-bond acceptors (Lipinski definition) is 3. The van der Waals surface area contributed by atoms with Crippen molar-refractivity contribution in [3.8, 4) is 0 Å². The van der Waals surface area contributed by atoms with Crippen LogP contribution in [0.3, 0.4) is 0 Å². The molecule has 18 heavy (non-hydrogen) atoms. The Morgan fingerprint density at radius 3 is 2.44 bits per heavy atom. The maximum atomic E-state index is 6.49. The predicted octanol–water partition coefficient (Wildman–Crippen LogP) is 3.52. The van der Waals surface area contributed by atoms with E-state index in [2.05, 4.69) is 49.4 Å². The van der Waals surface area contributed by atoms with Crippen LogP contribution in [0.15, 0.2) is 16.8 Å². The Morgan fingerprint density at radius 1 is 1.33 bits per heavy atom. The maximum Gasteiger partial charge on any atom is 0.0329 e. The molecular weight excluding hydrogens is 240 g/mol. The number of nitrogens with zero attached hydrogens (tertiary/aromatic N) is 1. The van der Waals surface area contributed by atoms with Crippen molar-refractivity contribution in [2.45, 2.75) is 58.5 Å². The molecule has 0 aliphatic carbocycles. The first-order valence-corrected chi connectivity index (χ1v) is 8.04. The highest BCUT2D eigenvalue weighted by atomic mass is 32.1. The van der Waals surface area contributed by atoms with Gasteiger partial charge in [0.05, 0.1) is 0 Å². The van der Waals surface area contributed by atoms with E-state index in [9.17, 15) is 0 Å². The maximum absolute atomic E-state index is 6.49. The van der Waals surface area contributed by atoms with Crippen molar-refractivity contribution in [3.63, 3.8) is 0 Å². The fraction of sp³-hybridized carbons (Fsp3) is 0.733. The van der Waals surface area contributed by atoms with Crippen LogP contribution < -0.4 is 5.73 Å². The third kappa shape index (κ3) is 3.56. The number of likely N-dealkylation sites (N-methyl/N-ethyl adjacent to an activating group) is 1. The molecule has 1 rings (SSSR count). The van der Waals surface area contributed by atoms with Crippen molar-refractivity contribution in [1.82, 2.24) is 4.90 Å². The van der Waals surface area contributed by atoms with E-state index >= 15 is 0 Å². The van der Waals surface area contributed by atoms with Gasteiger partial charge in [-0.2, -0.15) is 11.3 Å². The average Bonchev–Trinajstić information content (AvgIpc) is 2.90. The highest BCUT2D eigenvalue weighted by molar-refractivity contribution is 7.07. The minimum Gasteiger partial charge on any atom is -0.326 e. The third-order valence-corrected chi connectivity index (χ3v) is 5.06. The molecule has 0 amide bonds. The molecule has 1 aromatic heterocycles. The molecule has 0 saturated heterocycles. The summed E-state index contributed by atoms with van der Waals surface area (Å²) in [6.45, 7) is 11.2. The van der Waals surface area contributed by atoms with E-state index in [1.807, 2.05) is 0 Å². The van der Waals surface area contributed by atoms with Gasteiger partial charge in [0.15, 0.2) is 0 Å². The molecule has 1 heterocycles. The van der Waals surface area contributed by atoms with Gasteiger partial charge in [0.1, 0.15) is 0 Å². The minimum absolute atomic E-state index is 0.125. The van der Waals surface area contributed by atoms with E-state index < -0.39 is 0 Å². The Kier molecular flexibility index (Phi) is 6.33. The van der Waals surface area contributed by atoms with Gasteiger partial charge in [0.25, 0.3) is 0 Å². The summed E-state index contributed by atoms with van der Waals surface area (Å²) >= 11 is 1.77. The van der Waals surface area contributed by atoms with E-state index in [-0.39, 0.29) is 11.6 Å². The molecule has 0 spiro atoms. The first-order chi connectivity index (χ1) is 8.58. The summed E-state index contributed by atoms with van der Waals surface area (Å²) in [5, 5.41) is 4.37. The standard InChI is InChI=1S/C15H28N2S/c1-5-15(4,17(6-2)7-3)14(16)9-8-13-10-11-18-12-13/h10-12,14H,5-9,16H2,1-4H3. The molecule has 2 atom stereocenters. The molecule has 0 aliphatic rings. The first-order valence-electron chi connectivity index (χ1n) is 7.10. The second kappa shape index (κ2) is 7.27. The molecule has 0 aliphatic heterocycles. The Morgan fingerprint density at radius 2 is 2.00 bits per heavy atom. The lowest BCUT2D eigenvalue weighted by molar-refractivity contribution is 0.0815. The smallest absolute Gasteiger partial charge is 0.0329 e. The van der Waals surface area contributed by atoms with Crippen LogP contribution >= 0.6 is 11.3 Å². The van der Waals surface area contributed by atoms with Crippen LogP contribution in [-0.4, -0.2) is 29.6 Å². The molecule has 104 valence electrons. The van der Waals surface area contributed by atoms with E-state index in [0.29, 0.717) is 0 Å². The molecule has 1 aromatic rings. The van der Waals surface area contributed by atoms with Crippen molar-refractivity contribution in [2.75, 3.05) is 13.1 Å². The number of nitrogens with two attached hydrogens (primary N) is 1. The number of rotatable bonds is 8. The topological polar surface area (TPSA) is 29.3 Å². The molecule has 0 aromatic carbocycles.